The van der Waals surface area contributed by atoms with Crippen LogP contribution in [0.1, 0.15) is 26.2 Å². The van der Waals surface area contributed by atoms with Crippen molar-refractivity contribution in [1.82, 2.24) is 5.32 Å². The van der Waals surface area contributed by atoms with Gasteiger partial charge in [-0.15, -0.1) is 0 Å². The second-order valence-electron chi connectivity index (χ2n) is 5.65. The number of rotatable bonds is 5. The van der Waals surface area contributed by atoms with Crippen LogP contribution in [-0.2, 0) is 0 Å². The van der Waals surface area contributed by atoms with E-state index in [0.717, 1.165) is 13.1 Å². The summed E-state index contributed by atoms with van der Waals surface area (Å²) in [7, 11) is 4.17. The molecule has 1 fully saturated rings. The Morgan fingerprint density at radius 2 is 2.00 bits per heavy atom. The minimum absolute atomic E-state index is 0.655. The van der Waals surface area contributed by atoms with E-state index in [2.05, 4.69) is 60.4 Å². The molecule has 0 bridgehead atoms. The van der Waals surface area contributed by atoms with Crippen molar-refractivity contribution < 1.29 is 0 Å². The molecule has 0 radical (unpaired) electrons. The molecule has 1 atom stereocenters. The van der Waals surface area contributed by atoms with Crippen LogP contribution in [0.15, 0.2) is 24.3 Å². The Balaban J connectivity index is 1.96. The second-order valence-corrected chi connectivity index (χ2v) is 5.65. The second kappa shape index (κ2) is 6.80. The number of anilines is 2. The van der Waals surface area contributed by atoms with Crippen molar-refractivity contribution >= 4 is 11.4 Å². The summed E-state index contributed by atoms with van der Waals surface area (Å²) in [5.41, 5.74) is 2.62. The topological polar surface area (TPSA) is 18.5 Å². The molecule has 3 nitrogen and oxygen atoms in total. The van der Waals surface area contributed by atoms with Gasteiger partial charge in [-0.05, 0) is 50.1 Å². The molecule has 2 rings (SSSR count). The normalized spacial score (nSPS) is 19.5. The van der Waals surface area contributed by atoms with Gasteiger partial charge in [0.05, 0.1) is 0 Å². The average molecular weight is 261 g/mol. The standard InChI is InChI=1S/C16H27N3/c1-4-11-17-14-6-5-12-19(13-14)16-9-7-15(8-10-16)18(2)3/h7-10,14,17H,4-6,11-13H2,1-3H3. The molecular weight excluding hydrogens is 234 g/mol. The quantitative estimate of drug-likeness (QED) is 0.879. The van der Waals surface area contributed by atoms with E-state index in [4.69, 9.17) is 0 Å². The number of hydrogen-bond donors (Lipinski definition) is 1. The van der Waals surface area contributed by atoms with E-state index in [9.17, 15) is 0 Å². The number of piperidine rings is 1. The van der Waals surface area contributed by atoms with Crippen LogP contribution in [0.25, 0.3) is 0 Å². The third-order valence-corrected chi connectivity index (χ3v) is 3.84. The lowest BCUT2D eigenvalue weighted by atomic mass is 10.0. The summed E-state index contributed by atoms with van der Waals surface area (Å²) < 4.78 is 0. The first-order valence-corrected chi connectivity index (χ1v) is 7.46. The van der Waals surface area contributed by atoms with Gasteiger partial charge in [0.15, 0.2) is 0 Å². The van der Waals surface area contributed by atoms with Crippen molar-refractivity contribution in [3.63, 3.8) is 0 Å². The minimum atomic E-state index is 0.655. The van der Waals surface area contributed by atoms with Gasteiger partial charge in [0, 0.05) is 44.6 Å². The maximum atomic E-state index is 3.65. The van der Waals surface area contributed by atoms with Gasteiger partial charge in [-0.3, -0.25) is 0 Å². The molecule has 1 unspecified atom stereocenters. The highest BCUT2D eigenvalue weighted by atomic mass is 15.2. The number of benzene rings is 1. The molecule has 0 amide bonds. The molecule has 0 saturated carbocycles. The number of nitrogens with one attached hydrogen (secondary N) is 1. The van der Waals surface area contributed by atoms with Crippen molar-refractivity contribution in [2.75, 3.05) is 43.5 Å². The molecule has 0 aromatic heterocycles. The first-order valence-electron chi connectivity index (χ1n) is 7.46. The molecule has 106 valence electrons. The van der Waals surface area contributed by atoms with E-state index in [0.29, 0.717) is 6.04 Å². The summed E-state index contributed by atoms with van der Waals surface area (Å²) in [6.45, 7) is 5.69. The summed E-state index contributed by atoms with van der Waals surface area (Å²) in [6, 6.07) is 9.56. The monoisotopic (exact) mass is 261 g/mol. The van der Waals surface area contributed by atoms with E-state index < -0.39 is 0 Å². The summed E-state index contributed by atoms with van der Waals surface area (Å²) in [5.74, 6) is 0. The zero-order valence-electron chi connectivity index (χ0n) is 12.5. The molecule has 0 spiro atoms. The van der Waals surface area contributed by atoms with Crippen LogP contribution in [-0.4, -0.2) is 39.8 Å². The molecular formula is C16H27N3. The van der Waals surface area contributed by atoms with Crippen LogP contribution in [0.4, 0.5) is 11.4 Å². The number of hydrogen-bond acceptors (Lipinski definition) is 3. The molecule has 0 aliphatic carbocycles. The van der Waals surface area contributed by atoms with Gasteiger partial charge in [0.1, 0.15) is 0 Å². The molecule has 19 heavy (non-hydrogen) atoms. The fourth-order valence-electron chi connectivity index (χ4n) is 2.69. The third-order valence-electron chi connectivity index (χ3n) is 3.84. The van der Waals surface area contributed by atoms with Crippen molar-refractivity contribution in [1.29, 1.82) is 0 Å². The van der Waals surface area contributed by atoms with Gasteiger partial charge in [0.25, 0.3) is 0 Å². The van der Waals surface area contributed by atoms with Crippen LogP contribution < -0.4 is 15.1 Å². The molecule has 1 aliphatic heterocycles. The predicted molar refractivity (Wildman–Crippen MR) is 84.3 cm³/mol. The fourth-order valence-corrected chi connectivity index (χ4v) is 2.69. The fraction of sp³-hybridized carbons (Fsp3) is 0.625. The van der Waals surface area contributed by atoms with Gasteiger partial charge in [0.2, 0.25) is 0 Å². The lowest BCUT2D eigenvalue weighted by molar-refractivity contribution is 0.423. The lowest BCUT2D eigenvalue weighted by Gasteiger charge is -2.35. The predicted octanol–water partition coefficient (Wildman–Crippen LogP) is 2.72. The maximum Gasteiger partial charge on any atom is 0.0368 e. The van der Waals surface area contributed by atoms with E-state index in [1.807, 2.05) is 0 Å². The smallest absolute Gasteiger partial charge is 0.0368 e. The summed E-state index contributed by atoms with van der Waals surface area (Å²) in [6.07, 6.45) is 3.82. The first-order chi connectivity index (χ1) is 9.20. The van der Waals surface area contributed by atoms with Crippen LogP contribution in [0.5, 0.6) is 0 Å². The van der Waals surface area contributed by atoms with Gasteiger partial charge in [-0.25, -0.2) is 0 Å². The van der Waals surface area contributed by atoms with Crippen molar-refractivity contribution in [2.24, 2.45) is 0 Å². The Morgan fingerprint density at radius 3 is 2.63 bits per heavy atom. The molecule has 1 N–H and O–H groups in total. The number of nitrogens with zero attached hydrogens (tertiary/aromatic N) is 2. The Hall–Kier alpha value is -1.22. The van der Waals surface area contributed by atoms with Crippen LogP contribution in [0, 0.1) is 0 Å². The largest absolute Gasteiger partial charge is 0.378 e. The van der Waals surface area contributed by atoms with Crippen LogP contribution in [0.2, 0.25) is 0 Å². The van der Waals surface area contributed by atoms with Crippen molar-refractivity contribution in [3.8, 4) is 0 Å². The third kappa shape index (κ3) is 3.87. The van der Waals surface area contributed by atoms with E-state index in [1.54, 1.807) is 0 Å². The van der Waals surface area contributed by atoms with Gasteiger partial charge >= 0.3 is 0 Å². The van der Waals surface area contributed by atoms with E-state index >= 15 is 0 Å². The molecule has 1 heterocycles. The highest BCUT2D eigenvalue weighted by molar-refractivity contribution is 5.56. The highest BCUT2D eigenvalue weighted by Crippen LogP contribution is 2.22. The Bertz CT molecular complexity index is 372. The Kier molecular flexibility index (Phi) is 5.08. The maximum absolute atomic E-state index is 3.65. The van der Waals surface area contributed by atoms with Crippen LogP contribution in [0.3, 0.4) is 0 Å². The minimum Gasteiger partial charge on any atom is -0.378 e. The summed E-state index contributed by atoms with van der Waals surface area (Å²) in [4.78, 5) is 4.65. The first kappa shape index (κ1) is 14.2. The van der Waals surface area contributed by atoms with E-state index in [-0.39, 0.29) is 0 Å². The van der Waals surface area contributed by atoms with Crippen molar-refractivity contribution in [2.45, 2.75) is 32.2 Å². The van der Waals surface area contributed by atoms with Gasteiger partial charge < -0.3 is 15.1 Å². The molecule has 3 heteroatoms. The van der Waals surface area contributed by atoms with E-state index in [1.165, 1.54) is 37.2 Å². The Morgan fingerprint density at radius 1 is 1.26 bits per heavy atom. The highest BCUT2D eigenvalue weighted by Gasteiger charge is 2.19. The van der Waals surface area contributed by atoms with Crippen LogP contribution >= 0.6 is 0 Å². The van der Waals surface area contributed by atoms with Gasteiger partial charge in [-0.2, -0.15) is 0 Å². The Labute approximate surface area is 117 Å². The molecule has 1 aromatic carbocycles. The average Bonchev–Trinajstić information content (AvgIpc) is 2.45. The molecule has 1 aromatic rings. The zero-order chi connectivity index (χ0) is 13.7. The SMILES string of the molecule is CCCNC1CCCN(c2ccc(N(C)C)cc2)C1. The zero-order valence-corrected chi connectivity index (χ0v) is 12.5. The summed E-state index contributed by atoms with van der Waals surface area (Å²) in [5, 5.41) is 3.65. The lowest BCUT2D eigenvalue weighted by Crippen LogP contribution is -2.46. The molecule has 1 aliphatic rings. The van der Waals surface area contributed by atoms with Crippen molar-refractivity contribution in [3.05, 3.63) is 24.3 Å². The van der Waals surface area contributed by atoms with Gasteiger partial charge in [-0.1, -0.05) is 6.92 Å². The molecule has 1 saturated heterocycles. The summed E-state index contributed by atoms with van der Waals surface area (Å²) >= 11 is 0.